The number of anilines is 1. The summed E-state index contributed by atoms with van der Waals surface area (Å²) in [4.78, 5) is 21.9. The standard InChI is InChI=1S/C13H16N4O/c1-9-6-5-7-10(2)11(9)17-8-14-12(16(3)4)15-13(17)18/h5-8H,1-4H3. The first-order valence-corrected chi connectivity index (χ1v) is 5.70. The van der Waals surface area contributed by atoms with Gasteiger partial charge >= 0.3 is 5.69 Å². The summed E-state index contributed by atoms with van der Waals surface area (Å²) < 4.78 is 1.48. The molecule has 0 atom stereocenters. The van der Waals surface area contributed by atoms with E-state index in [2.05, 4.69) is 9.97 Å². The predicted octanol–water partition coefficient (Wildman–Crippen LogP) is 1.31. The van der Waals surface area contributed by atoms with E-state index in [4.69, 9.17) is 0 Å². The predicted molar refractivity (Wildman–Crippen MR) is 71.4 cm³/mol. The minimum absolute atomic E-state index is 0.314. The van der Waals surface area contributed by atoms with Crippen molar-refractivity contribution in [3.63, 3.8) is 0 Å². The van der Waals surface area contributed by atoms with Crippen molar-refractivity contribution in [1.29, 1.82) is 0 Å². The van der Waals surface area contributed by atoms with Crippen LogP contribution in [0.5, 0.6) is 0 Å². The molecule has 1 aromatic heterocycles. The van der Waals surface area contributed by atoms with Gasteiger partial charge in [0.05, 0.1) is 5.69 Å². The van der Waals surface area contributed by atoms with Gasteiger partial charge in [0.1, 0.15) is 6.33 Å². The Morgan fingerprint density at radius 1 is 1.17 bits per heavy atom. The molecule has 0 fully saturated rings. The summed E-state index contributed by atoms with van der Waals surface area (Å²) in [5, 5.41) is 0. The second kappa shape index (κ2) is 4.60. The maximum atomic E-state index is 12.0. The Bertz CT molecular complexity index is 611. The number of hydrogen-bond acceptors (Lipinski definition) is 4. The van der Waals surface area contributed by atoms with E-state index in [0.717, 1.165) is 16.8 Å². The van der Waals surface area contributed by atoms with Crippen LogP contribution in [-0.4, -0.2) is 28.6 Å². The third kappa shape index (κ3) is 2.11. The van der Waals surface area contributed by atoms with Crippen LogP contribution in [0.4, 0.5) is 5.95 Å². The molecule has 0 unspecified atom stereocenters. The largest absolute Gasteiger partial charge is 0.356 e. The van der Waals surface area contributed by atoms with Crippen LogP contribution < -0.4 is 10.6 Å². The number of aromatic nitrogens is 3. The number of rotatable bonds is 2. The molecule has 94 valence electrons. The van der Waals surface area contributed by atoms with Gasteiger partial charge in [0, 0.05) is 14.1 Å². The van der Waals surface area contributed by atoms with Crippen molar-refractivity contribution in [1.82, 2.24) is 14.5 Å². The molecule has 2 rings (SSSR count). The molecular formula is C13H16N4O. The van der Waals surface area contributed by atoms with E-state index in [1.165, 1.54) is 10.9 Å². The number of aryl methyl sites for hydroxylation is 2. The summed E-state index contributed by atoms with van der Waals surface area (Å²) in [5.74, 6) is 0.419. The smallest absolute Gasteiger partial charge is 0.347 e. The Kier molecular flexibility index (Phi) is 3.14. The highest BCUT2D eigenvalue weighted by Crippen LogP contribution is 2.16. The van der Waals surface area contributed by atoms with Gasteiger partial charge in [-0.2, -0.15) is 4.98 Å². The molecular weight excluding hydrogens is 228 g/mol. The number of hydrogen-bond donors (Lipinski definition) is 0. The van der Waals surface area contributed by atoms with Crippen molar-refractivity contribution in [3.8, 4) is 5.69 Å². The quantitative estimate of drug-likeness (QED) is 0.799. The minimum Gasteiger partial charge on any atom is -0.347 e. The Balaban J connectivity index is 2.63. The van der Waals surface area contributed by atoms with Gasteiger partial charge in [0.25, 0.3) is 0 Å². The van der Waals surface area contributed by atoms with Gasteiger partial charge in [-0.1, -0.05) is 18.2 Å². The monoisotopic (exact) mass is 244 g/mol. The number of para-hydroxylation sites is 1. The van der Waals surface area contributed by atoms with E-state index in [-0.39, 0.29) is 5.69 Å². The first-order chi connectivity index (χ1) is 8.50. The number of nitrogens with zero attached hydrogens (tertiary/aromatic N) is 4. The summed E-state index contributed by atoms with van der Waals surface area (Å²) in [7, 11) is 3.61. The highest BCUT2D eigenvalue weighted by atomic mass is 16.1. The van der Waals surface area contributed by atoms with Crippen molar-refractivity contribution >= 4 is 5.95 Å². The van der Waals surface area contributed by atoms with Crippen LogP contribution in [0.2, 0.25) is 0 Å². The van der Waals surface area contributed by atoms with E-state index in [1.54, 1.807) is 19.0 Å². The lowest BCUT2D eigenvalue weighted by molar-refractivity contribution is 0.828. The SMILES string of the molecule is Cc1cccc(C)c1-n1cnc(N(C)C)nc1=O. The average Bonchev–Trinajstić information content (AvgIpc) is 2.30. The Hall–Kier alpha value is -2.17. The van der Waals surface area contributed by atoms with Crippen molar-refractivity contribution in [2.75, 3.05) is 19.0 Å². The molecule has 0 aliphatic heterocycles. The van der Waals surface area contributed by atoms with Crippen LogP contribution in [0.15, 0.2) is 29.3 Å². The zero-order chi connectivity index (χ0) is 13.3. The van der Waals surface area contributed by atoms with Crippen molar-refractivity contribution in [3.05, 3.63) is 46.1 Å². The second-order valence-electron chi connectivity index (χ2n) is 4.44. The van der Waals surface area contributed by atoms with E-state index >= 15 is 0 Å². The normalized spacial score (nSPS) is 10.4. The highest BCUT2D eigenvalue weighted by molar-refractivity contribution is 5.46. The summed E-state index contributed by atoms with van der Waals surface area (Å²) in [6.45, 7) is 3.93. The Morgan fingerprint density at radius 2 is 1.78 bits per heavy atom. The van der Waals surface area contributed by atoms with Gasteiger partial charge in [-0.3, -0.25) is 4.57 Å². The lowest BCUT2D eigenvalue weighted by Gasteiger charge is -2.13. The Labute approximate surface area is 106 Å². The van der Waals surface area contributed by atoms with Crippen molar-refractivity contribution in [2.24, 2.45) is 0 Å². The van der Waals surface area contributed by atoms with Crippen LogP contribution in [-0.2, 0) is 0 Å². The van der Waals surface area contributed by atoms with Gasteiger partial charge in [0.2, 0.25) is 5.95 Å². The molecule has 18 heavy (non-hydrogen) atoms. The molecule has 0 N–H and O–H groups in total. The molecule has 5 nitrogen and oxygen atoms in total. The topological polar surface area (TPSA) is 51.0 Å². The van der Waals surface area contributed by atoms with Gasteiger partial charge in [-0.25, -0.2) is 9.78 Å². The summed E-state index contributed by atoms with van der Waals surface area (Å²) in [5.41, 5.74) is 2.59. The van der Waals surface area contributed by atoms with Crippen LogP contribution in [0.3, 0.4) is 0 Å². The van der Waals surface area contributed by atoms with E-state index < -0.39 is 0 Å². The van der Waals surface area contributed by atoms with Crippen LogP contribution in [0, 0.1) is 13.8 Å². The number of benzene rings is 1. The molecule has 0 saturated carbocycles. The third-order valence-electron chi connectivity index (χ3n) is 2.77. The molecule has 0 amide bonds. The maximum absolute atomic E-state index is 12.0. The van der Waals surface area contributed by atoms with E-state index in [0.29, 0.717) is 5.95 Å². The second-order valence-corrected chi connectivity index (χ2v) is 4.44. The van der Waals surface area contributed by atoms with Crippen LogP contribution >= 0.6 is 0 Å². The van der Waals surface area contributed by atoms with Gasteiger partial charge < -0.3 is 4.90 Å². The lowest BCUT2D eigenvalue weighted by atomic mass is 10.1. The molecule has 0 saturated heterocycles. The fourth-order valence-corrected chi connectivity index (χ4v) is 1.88. The Morgan fingerprint density at radius 3 is 2.28 bits per heavy atom. The van der Waals surface area contributed by atoms with Gasteiger partial charge in [-0.05, 0) is 25.0 Å². The molecule has 2 aromatic rings. The molecule has 1 aromatic carbocycles. The lowest BCUT2D eigenvalue weighted by Crippen LogP contribution is -2.26. The molecule has 0 aliphatic carbocycles. The molecule has 1 heterocycles. The van der Waals surface area contributed by atoms with Crippen LogP contribution in [0.1, 0.15) is 11.1 Å². The fraction of sp³-hybridized carbons (Fsp3) is 0.308. The first kappa shape index (κ1) is 12.3. The zero-order valence-electron chi connectivity index (χ0n) is 11.0. The van der Waals surface area contributed by atoms with Crippen LogP contribution in [0.25, 0.3) is 5.69 Å². The first-order valence-electron chi connectivity index (χ1n) is 5.70. The zero-order valence-corrected chi connectivity index (χ0v) is 11.0. The summed E-state index contributed by atoms with van der Waals surface area (Å²) in [6, 6.07) is 5.90. The molecule has 0 aliphatic rings. The van der Waals surface area contributed by atoms with Crippen molar-refractivity contribution < 1.29 is 0 Å². The van der Waals surface area contributed by atoms with E-state index in [1.807, 2.05) is 32.0 Å². The fourth-order valence-electron chi connectivity index (χ4n) is 1.88. The van der Waals surface area contributed by atoms with Gasteiger partial charge in [0.15, 0.2) is 0 Å². The molecule has 5 heteroatoms. The summed E-state index contributed by atoms with van der Waals surface area (Å²) >= 11 is 0. The summed E-state index contributed by atoms with van der Waals surface area (Å²) in [6.07, 6.45) is 1.53. The molecule has 0 bridgehead atoms. The van der Waals surface area contributed by atoms with Gasteiger partial charge in [-0.15, -0.1) is 0 Å². The van der Waals surface area contributed by atoms with Crippen molar-refractivity contribution in [2.45, 2.75) is 13.8 Å². The third-order valence-corrected chi connectivity index (χ3v) is 2.77. The molecule has 0 spiro atoms. The minimum atomic E-state index is -0.314. The average molecular weight is 244 g/mol. The molecule has 0 radical (unpaired) electrons. The maximum Gasteiger partial charge on any atom is 0.356 e. The highest BCUT2D eigenvalue weighted by Gasteiger charge is 2.09. The van der Waals surface area contributed by atoms with E-state index in [9.17, 15) is 4.79 Å².